The van der Waals surface area contributed by atoms with Crippen molar-refractivity contribution in [2.45, 2.75) is 20.1 Å². The second-order valence-electron chi connectivity index (χ2n) is 3.73. The van der Waals surface area contributed by atoms with Crippen molar-refractivity contribution in [2.75, 3.05) is 13.7 Å². The summed E-state index contributed by atoms with van der Waals surface area (Å²) in [4.78, 5) is 11.9. The van der Waals surface area contributed by atoms with E-state index in [2.05, 4.69) is 26.5 Å². The molecule has 22 heavy (non-hydrogen) atoms. The molecule has 9 heteroatoms. The van der Waals surface area contributed by atoms with Crippen LogP contribution in [0, 0.1) is 6.33 Å². The molecule has 0 saturated carbocycles. The fourth-order valence-corrected chi connectivity index (χ4v) is 1.28. The van der Waals surface area contributed by atoms with Crippen molar-refractivity contribution in [3.63, 3.8) is 0 Å². The second-order valence-corrected chi connectivity index (χ2v) is 3.73. The molecule has 0 bridgehead atoms. The van der Waals surface area contributed by atoms with Gasteiger partial charge < -0.3 is 24.8 Å². The summed E-state index contributed by atoms with van der Waals surface area (Å²) >= 11 is 0. The third kappa shape index (κ3) is 7.85. The quantitative estimate of drug-likeness (QED) is 0.486. The van der Waals surface area contributed by atoms with Crippen LogP contribution < -0.4 is 4.74 Å². The second kappa shape index (κ2) is 11.8. The molecule has 0 fully saturated rings. The van der Waals surface area contributed by atoms with Gasteiger partial charge in [0.1, 0.15) is 5.75 Å². The monoisotopic (exact) mass is 477 g/mol. The van der Waals surface area contributed by atoms with Gasteiger partial charge in [-0.15, -0.1) is 0 Å². The van der Waals surface area contributed by atoms with Gasteiger partial charge in [-0.3, -0.25) is 0 Å². The fourth-order valence-electron chi connectivity index (χ4n) is 1.28. The first-order chi connectivity index (χ1) is 10.2. The van der Waals surface area contributed by atoms with Crippen molar-refractivity contribution in [2.24, 2.45) is 0 Å². The summed E-state index contributed by atoms with van der Waals surface area (Å²) in [6, 6.07) is 7.31. The van der Waals surface area contributed by atoms with Crippen LogP contribution in [-0.2, 0) is 43.7 Å². The van der Waals surface area contributed by atoms with E-state index in [1.54, 1.807) is 14.0 Å². The summed E-state index contributed by atoms with van der Waals surface area (Å²) in [6.45, 7) is 2.17. The van der Waals surface area contributed by atoms with Gasteiger partial charge in [-0.2, -0.15) is 4.80 Å². The molecule has 1 aromatic heterocycles. The van der Waals surface area contributed by atoms with Gasteiger partial charge in [0.2, 0.25) is 0 Å². The third-order valence-electron chi connectivity index (χ3n) is 2.27. The Morgan fingerprint density at radius 1 is 1.36 bits per heavy atom. The van der Waals surface area contributed by atoms with Crippen LogP contribution in [0.1, 0.15) is 12.5 Å². The number of ether oxygens (including phenoxy) is 2. The van der Waals surface area contributed by atoms with Crippen LogP contribution >= 0.6 is 0 Å². The van der Waals surface area contributed by atoms with Crippen molar-refractivity contribution in [3.05, 3.63) is 36.2 Å². The number of nitrogens with zero attached hydrogens (tertiary/aromatic N) is 4. The zero-order valence-corrected chi connectivity index (χ0v) is 15.2. The summed E-state index contributed by atoms with van der Waals surface area (Å²) in [6.07, 6.45) is 2.22. The van der Waals surface area contributed by atoms with Gasteiger partial charge in [0, 0.05) is 21.1 Å². The first kappa shape index (κ1) is 20.2. The Labute approximate surface area is 142 Å². The molecule has 0 aliphatic heterocycles. The number of carbonyl (C=O) groups is 1. The summed E-state index contributed by atoms with van der Waals surface area (Å²) in [5.41, 5.74) is 0.904. The normalized spacial score (nSPS) is 9.05. The molecule has 0 atom stereocenters. The number of esters is 1. The maximum atomic E-state index is 10.7. The predicted molar refractivity (Wildman–Crippen MR) is 72.2 cm³/mol. The molecule has 8 nitrogen and oxygen atoms in total. The number of aliphatic hydroxyl groups is 1. The Bertz CT molecular complexity index is 496. The van der Waals surface area contributed by atoms with Crippen LogP contribution in [-0.4, -0.2) is 45.0 Å². The molecule has 0 amide bonds. The number of tetrazole rings is 1. The average Bonchev–Trinajstić information content (AvgIpc) is 3.01. The van der Waals surface area contributed by atoms with E-state index in [1.165, 1.54) is 0 Å². The Kier molecular flexibility index (Phi) is 10.9. The van der Waals surface area contributed by atoms with E-state index in [4.69, 9.17) is 9.84 Å². The molecule has 1 aromatic carbocycles. The molecule has 120 valence electrons. The van der Waals surface area contributed by atoms with Gasteiger partial charge in [0.15, 0.2) is 6.54 Å². The molecule has 0 saturated heterocycles. The molecule has 2 aromatic rings. The topological polar surface area (TPSA) is 99.4 Å². The molecular formula is C13H17N4O4W-. The molecule has 0 radical (unpaired) electrons. The van der Waals surface area contributed by atoms with Gasteiger partial charge >= 0.3 is 5.97 Å². The van der Waals surface area contributed by atoms with Crippen molar-refractivity contribution in [3.8, 4) is 5.75 Å². The minimum Gasteiger partial charge on any atom is -0.497 e. The number of hydrogen-bond donors (Lipinski definition) is 1. The Hall–Kier alpha value is -1.79. The summed E-state index contributed by atoms with van der Waals surface area (Å²) in [7, 11) is 1.62. The SMILES string of the molecule is CCOC(=O)Cn1n[c-]nn1.COc1ccc(CO)cc1.[W]. The molecule has 2 rings (SSSR count). The third-order valence-corrected chi connectivity index (χ3v) is 2.27. The summed E-state index contributed by atoms with van der Waals surface area (Å²) in [5, 5.41) is 18.9. The Morgan fingerprint density at radius 2 is 2.05 bits per heavy atom. The molecule has 0 unspecified atom stereocenters. The minimum absolute atomic E-state index is 0. The van der Waals surface area contributed by atoms with Gasteiger partial charge in [-0.25, -0.2) is 11.1 Å². The molecule has 0 spiro atoms. The number of rotatable bonds is 5. The number of benzene rings is 1. The van der Waals surface area contributed by atoms with E-state index in [1.807, 2.05) is 24.3 Å². The average molecular weight is 477 g/mol. The number of methoxy groups -OCH3 is 1. The van der Waals surface area contributed by atoms with Crippen molar-refractivity contribution < 1.29 is 40.4 Å². The predicted octanol–water partition coefficient (Wildman–Crippen LogP) is 0.221. The van der Waals surface area contributed by atoms with Crippen LogP contribution in [0.3, 0.4) is 0 Å². The molecule has 0 aliphatic carbocycles. The summed E-state index contributed by atoms with van der Waals surface area (Å²) < 4.78 is 9.57. The van der Waals surface area contributed by atoms with Crippen molar-refractivity contribution in [1.82, 2.24) is 20.2 Å². The van der Waals surface area contributed by atoms with Gasteiger partial charge in [-0.1, -0.05) is 17.3 Å². The van der Waals surface area contributed by atoms with E-state index in [9.17, 15) is 4.79 Å². The van der Waals surface area contributed by atoms with E-state index in [0.29, 0.717) is 6.61 Å². The van der Waals surface area contributed by atoms with Crippen molar-refractivity contribution in [1.29, 1.82) is 0 Å². The number of aliphatic hydroxyl groups excluding tert-OH is 1. The molecule has 0 aliphatic rings. The zero-order valence-electron chi connectivity index (χ0n) is 12.3. The van der Waals surface area contributed by atoms with Crippen LogP contribution in [0.25, 0.3) is 0 Å². The van der Waals surface area contributed by atoms with Crippen LogP contribution in [0.15, 0.2) is 24.3 Å². The Balaban J connectivity index is 0.000000385. The molecule has 1 N–H and O–H groups in total. The largest absolute Gasteiger partial charge is 0.497 e. The van der Waals surface area contributed by atoms with Gasteiger partial charge in [-0.05, 0) is 24.6 Å². The minimum atomic E-state index is -0.376. The van der Waals surface area contributed by atoms with Crippen LogP contribution in [0.5, 0.6) is 5.75 Å². The number of carbonyl (C=O) groups excluding carboxylic acids is 1. The molecule has 1 heterocycles. The maximum absolute atomic E-state index is 10.7. The summed E-state index contributed by atoms with van der Waals surface area (Å²) in [5.74, 6) is 0.441. The Morgan fingerprint density at radius 3 is 2.50 bits per heavy atom. The van der Waals surface area contributed by atoms with E-state index < -0.39 is 0 Å². The van der Waals surface area contributed by atoms with Crippen molar-refractivity contribution >= 4 is 5.97 Å². The number of hydrogen-bond acceptors (Lipinski definition) is 7. The first-order valence-corrected chi connectivity index (χ1v) is 6.22. The maximum Gasteiger partial charge on any atom is 0.329 e. The van der Waals surface area contributed by atoms with Gasteiger partial charge in [0.05, 0.1) is 20.3 Å². The fraction of sp³-hybridized carbons (Fsp3) is 0.385. The first-order valence-electron chi connectivity index (χ1n) is 6.22. The molecular weight excluding hydrogens is 460 g/mol. The van der Waals surface area contributed by atoms with Crippen LogP contribution in [0.2, 0.25) is 0 Å². The smallest absolute Gasteiger partial charge is 0.329 e. The number of aromatic nitrogens is 4. The van der Waals surface area contributed by atoms with E-state index in [-0.39, 0.29) is 40.2 Å². The van der Waals surface area contributed by atoms with E-state index >= 15 is 0 Å². The van der Waals surface area contributed by atoms with Gasteiger partial charge in [0.25, 0.3) is 0 Å². The van der Waals surface area contributed by atoms with E-state index in [0.717, 1.165) is 16.1 Å². The standard InChI is InChI=1S/C8H10O2.C5H7N4O2.W/c1-10-8-4-2-7(6-9)3-5-8;1-2-11-5(10)3-9-7-4-6-8-9;/h2-5,9H,6H2,1H3;2-3H2,1H3;/q;-1;. The zero-order chi connectivity index (χ0) is 15.5. The van der Waals surface area contributed by atoms with Crippen LogP contribution in [0.4, 0.5) is 0 Å².